The largest absolute Gasteiger partial charge is 0.309 e. The normalized spacial score (nSPS) is 12.9. The maximum atomic E-state index is 10.5. The third kappa shape index (κ3) is 4.51. The average Bonchev–Trinajstić information content (AvgIpc) is 3.56. The van der Waals surface area contributed by atoms with Crippen molar-refractivity contribution >= 4 is 54.9 Å². The second kappa shape index (κ2) is 11.4. The summed E-state index contributed by atoms with van der Waals surface area (Å²) >= 11 is 0. The first-order chi connectivity index (χ1) is 24.2. The number of nitrogens with zero attached hydrogens (tertiary/aromatic N) is 4. The average molecular weight is 625 g/mol. The minimum absolute atomic E-state index is 0.615. The van der Waals surface area contributed by atoms with Crippen molar-refractivity contribution in [2.75, 3.05) is 0 Å². The maximum absolute atomic E-state index is 10.5. The van der Waals surface area contributed by atoms with Gasteiger partial charge >= 0.3 is 0 Å². The molecule has 0 fully saturated rings. The van der Waals surface area contributed by atoms with Crippen molar-refractivity contribution in [3.05, 3.63) is 174 Å². The Morgan fingerprint density at radius 2 is 1.08 bits per heavy atom. The van der Waals surface area contributed by atoms with Crippen molar-refractivity contribution < 1.29 is 0 Å². The molecule has 4 nitrogen and oxygen atoms in total. The molecule has 6 aromatic carbocycles. The van der Waals surface area contributed by atoms with Gasteiger partial charge in [-0.3, -0.25) is 0 Å². The molecule has 0 radical (unpaired) electrons. The first-order valence-corrected chi connectivity index (χ1v) is 16.4. The van der Waals surface area contributed by atoms with Gasteiger partial charge in [0, 0.05) is 38.4 Å². The van der Waals surface area contributed by atoms with Crippen LogP contribution in [0, 0.1) is 22.7 Å². The molecule has 0 saturated heterocycles. The van der Waals surface area contributed by atoms with Crippen LogP contribution in [0.5, 0.6) is 0 Å². The van der Waals surface area contributed by atoms with E-state index in [1.807, 2.05) is 36.4 Å². The van der Waals surface area contributed by atoms with Crippen LogP contribution in [0.3, 0.4) is 0 Å². The Bertz CT molecular complexity index is 2750. The van der Waals surface area contributed by atoms with Gasteiger partial charge in [0.25, 0.3) is 0 Å². The lowest BCUT2D eigenvalue weighted by atomic mass is 9.94. The molecular formula is C45H28N4. The van der Waals surface area contributed by atoms with Crippen LogP contribution in [-0.4, -0.2) is 9.13 Å². The van der Waals surface area contributed by atoms with Gasteiger partial charge in [-0.2, -0.15) is 10.5 Å². The topological polar surface area (TPSA) is 57.4 Å². The Balaban J connectivity index is 1.17. The summed E-state index contributed by atoms with van der Waals surface area (Å²) in [4.78, 5) is 0. The molecule has 0 saturated carbocycles. The summed E-state index contributed by atoms with van der Waals surface area (Å²) in [6.07, 6.45) is 9.38. The van der Waals surface area contributed by atoms with Crippen LogP contribution in [-0.2, 0) is 0 Å². The van der Waals surface area contributed by atoms with E-state index in [9.17, 15) is 10.5 Å². The number of fused-ring (bicyclic) bond motifs is 6. The molecule has 1 aliphatic rings. The van der Waals surface area contributed by atoms with Gasteiger partial charge in [-0.15, -0.1) is 0 Å². The first-order valence-electron chi connectivity index (χ1n) is 16.4. The Labute approximate surface area is 283 Å². The Kier molecular flexibility index (Phi) is 6.61. The van der Waals surface area contributed by atoms with Crippen LogP contribution >= 0.6 is 0 Å². The van der Waals surface area contributed by atoms with Crippen LogP contribution in [0.15, 0.2) is 158 Å². The molecule has 1 aliphatic carbocycles. The van der Waals surface area contributed by atoms with Crippen LogP contribution in [0.4, 0.5) is 0 Å². The Hall–Kier alpha value is -6.88. The fourth-order valence-corrected chi connectivity index (χ4v) is 7.40. The minimum Gasteiger partial charge on any atom is -0.309 e. The molecule has 49 heavy (non-hydrogen) atoms. The van der Waals surface area contributed by atoms with Gasteiger partial charge in [0.1, 0.15) is 0 Å². The fourth-order valence-electron chi connectivity index (χ4n) is 7.40. The van der Waals surface area contributed by atoms with Gasteiger partial charge in [-0.05, 0) is 78.2 Å². The monoisotopic (exact) mass is 624 g/mol. The predicted octanol–water partition coefficient (Wildman–Crippen LogP) is 11.2. The quantitative estimate of drug-likeness (QED) is 0.196. The molecule has 0 N–H and O–H groups in total. The number of nitriles is 2. The van der Waals surface area contributed by atoms with E-state index in [0.717, 1.165) is 61.9 Å². The van der Waals surface area contributed by atoms with E-state index in [1.165, 1.54) is 21.8 Å². The number of hydrogen-bond acceptors (Lipinski definition) is 2. The van der Waals surface area contributed by atoms with E-state index >= 15 is 0 Å². The highest BCUT2D eigenvalue weighted by atomic mass is 15.0. The van der Waals surface area contributed by atoms with E-state index in [1.54, 1.807) is 0 Å². The Morgan fingerprint density at radius 1 is 0.490 bits per heavy atom. The van der Waals surface area contributed by atoms with E-state index in [0.29, 0.717) is 11.1 Å². The van der Waals surface area contributed by atoms with Crippen molar-refractivity contribution in [3.8, 4) is 29.0 Å². The number of rotatable bonds is 4. The van der Waals surface area contributed by atoms with Crippen LogP contribution < -0.4 is 0 Å². The lowest BCUT2D eigenvalue weighted by Crippen LogP contribution is -2.00. The second-order valence-corrected chi connectivity index (χ2v) is 12.3. The summed E-state index contributed by atoms with van der Waals surface area (Å²) in [5.41, 5.74) is 11.7. The number of aromatic nitrogens is 2. The molecule has 0 unspecified atom stereocenters. The SMILES string of the molecule is N#Cc1ccc2c(c1)c1ccccc1n2C1=C(c2ccc(-c3ccc(-n4c5ccccc5c5ccccc54)cc3)cc2C#N)C=CCC=C1. The van der Waals surface area contributed by atoms with Crippen molar-refractivity contribution in [2.45, 2.75) is 6.42 Å². The first kappa shape index (κ1) is 28.4. The van der Waals surface area contributed by atoms with Crippen LogP contribution in [0.25, 0.3) is 71.7 Å². The Morgan fingerprint density at radius 3 is 1.76 bits per heavy atom. The summed E-state index contributed by atoms with van der Waals surface area (Å²) in [5, 5.41) is 24.7. The summed E-state index contributed by atoms with van der Waals surface area (Å²) in [7, 11) is 0. The van der Waals surface area contributed by atoms with Crippen LogP contribution in [0.2, 0.25) is 0 Å². The maximum Gasteiger partial charge on any atom is 0.0998 e. The third-order valence-corrected chi connectivity index (χ3v) is 9.62. The molecule has 0 amide bonds. The zero-order chi connectivity index (χ0) is 32.9. The van der Waals surface area contributed by atoms with Crippen molar-refractivity contribution in [3.63, 3.8) is 0 Å². The molecule has 2 heterocycles. The zero-order valence-corrected chi connectivity index (χ0v) is 26.5. The summed E-state index contributed by atoms with van der Waals surface area (Å²) in [5.74, 6) is 0. The van der Waals surface area contributed by atoms with Crippen molar-refractivity contribution in [2.24, 2.45) is 0 Å². The van der Waals surface area contributed by atoms with Gasteiger partial charge < -0.3 is 9.13 Å². The number of benzene rings is 6. The third-order valence-electron chi connectivity index (χ3n) is 9.62. The molecule has 2 aromatic heterocycles. The van der Waals surface area contributed by atoms with Gasteiger partial charge in [0.15, 0.2) is 0 Å². The molecule has 8 aromatic rings. The number of hydrogen-bond donors (Lipinski definition) is 0. The molecule has 0 bridgehead atoms. The van der Waals surface area contributed by atoms with Gasteiger partial charge in [-0.1, -0.05) is 97.1 Å². The summed E-state index contributed by atoms with van der Waals surface area (Å²) in [6.45, 7) is 0. The predicted molar refractivity (Wildman–Crippen MR) is 201 cm³/mol. The molecule has 0 atom stereocenters. The highest BCUT2D eigenvalue weighted by molar-refractivity contribution is 6.13. The standard InChI is InChI=1S/C45H28N4/c46-28-30-18-25-45-40(26-30)39-13-6-9-17-44(39)49(45)43-14-3-1-2-10-36(43)35-24-21-32(27-33(35)29-47)31-19-22-34(23-20-31)48-41-15-7-4-11-37(41)38-12-5-8-16-42(38)48/h2-27H,1H2. The highest BCUT2D eigenvalue weighted by Crippen LogP contribution is 2.39. The zero-order valence-electron chi connectivity index (χ0n) is 26.5. The lowest BCUT2D eigenvalue weighted by molar-refractivity contribution is 1.18. The molecule has 9 rings (SSSR count). The molecule has 228 valence electrons. The number of allylic oxidation sites excluding steroid dienone is 6. The van der Waals surface area contributed by atoms with Gasteiger partial charge in [0.05, 0.1) is 51.0 Å². The molecule has 0 spiro atoms. The summed E-state index contributed by atoms with van der Waals surface area (Å²) in [6, 6.07) is 50.8. The van der Waals surface area contributed by atoms with Gasteiger partial charge in [0.2, 0.25) is 0 Å². The van der Waals surface area contributed by atoms with E-state index in [-0.39, 0.29) is 0 Å². The van der Waals surface area contributed by atoms with Crippen LogP contribution in [0.1, 0.15) is 23.1 Å². The van der Waals surface area contributed by atoms with Crippen molar-refractivity contribution in [1.82, 2.24) is 9.13 Å². The highest BCUT2D eigenvalue weighted by Gasteiger charge is 2.19. The van der Waals surface area contributed by atoms with Gasteiger partial charge in [-0.25, -0.2) is 0 Å². The van der Waals surface area contributed by atoms with E-state index in [2.05, 4.69) is 143 Å². The number of para-hydroxylation sites is 3. The van der Waals surface area contributed by atoms with Crippen molar-refractivity contribution in [1.29, 1.82) is 10.5 Å². The van der Waals surface area contributed by atoms with E-state index in [4.69, 9.17) is 0 Å². The van der Waals surface area contributed by atoms with E-state index < -0.39 is 0 Å². The molecule has 0 aliphatic heterocycles. The smallest absolute Gasteiger partial charge is 0.0998 e. The second-order valence-electron chi connectivity index (χ2n) is 12.3. The molecule has 4 heteroatoms. The minimum atomic E-state index is 0.615. The molecular weight excluding hydrogens is 597 g/mol. The lowest BCUT2D eigenvalue weighted by Gasteiger charge is -2.16. The summed E-state index contributed by atoms with van der Waals surface area (Å²) < 4.78 is 4.57. The fraction of sp³-hybridized carbons (Fsp3) is 0.0222.